The number of carbonyl (C=O) groups excluding carboxylic acids is 1. The molecule has 0 aliphatic heterocycles. The average molecular weight is 102 g/mol. The average Bonchev–Trinajstić information content (AvgIpc) is 2.44. The Morgan fingerprint density at radius 1 is 1.71 bits per heavy atom. The van der Waals surface area contributed by atoms with E-state index in [1.54, 1.807) is 0 Å². The fourth-order valence-corrected chi connectivity index (χ4v) is 0.486. The van der Waals surface area contributed by atoms with E-state index in [1.807, 2.05) is 0 Å². The van der Waals surface area contributed by atoms with E-state index in [2.05, 4.69) is 4.74 Å². The van der Waals surface area contributed by atoms with Crippen LogP contribution in [0.25, 0.3) is 0 Å². The molecule has 7 heavy (non-hydrogen) atoms. The molecule has 0 atom stereocenters. The van der Waals surface area contributed by atoms with Gasteiger partial charge < -0.3 is 4.74 Å². The second-order valence-corrected chi connectivity index (χ2v) is 1.80. The first-order valence-corrected chi connectivity index (χ1v) is 2.42. The van der Waals surface area contributed by atoms with Gasteiger partial charge >= 0.3 is 5.97 Å². The molecule has 0 unspecified atom stereocenters. The maximum Gasteiger partial charge on any atom is 0.308 e. The van der Waals surface area contributed by atoms with E-state index in [1.165, 1.54) is 7.11 Å². The lowest BCUT2D eigenvalue weighted by atomic mass is 10.8. The van der Waals surface area contributed by atoms with Crippen molar-refractivity contribution in [2.45, 2.75) is 12.8 Å². The van der Waals surface area contributed by atoms with Gasteiger partial charge in [0.2, 0.25) is 0 Å². The van der Waals surface area contributed by atoms with Crippen LogP contribution in [-0.2, 0) is 9.53 Å². The molecule has 0 bridgehead atoms. The predicted octanol–water partition coefficient (Wildman–Crippen LogP) is 0.569. The lowest BCUT2D eigenvalue weighted by Crippen LogP contribution is -2.00. The third-order valence-electron chi connectivity index (χ3n) is 1.11. The smallest absolute Gasteiger partial charge is 0.308 e. The molecule has 1 aliphatic carbocycles. The zero-order valence-corrected chi connectivity index (χ0v) is 4.31. The summed E-state index contributed by atoms with van der Waals surface area (Å²) in [5.74, 6) is 0.213. The number of methoxy groups -OCH3 is 1. The summed E-state index contributed by atoms with van der Waals surface area (Å²) < 4.78 is 4.44. The largest absolute Gasteiger partial charge is 0.469 e. The van der Waals surface area contributed by atoms with Gasteiger partial charge in [-0.05, 0) is 12.8 Å². The van der Waals surface area contributed by atoms with E-state index >= 15 is 0 Å². The molecule has 1 saturated carbocycles. The highest BCUT2D eigenvalue weighted by Gasteiger charge is 2.30. The van der Waals surface area contributed by atoms with Crippen LogP contribution < -0.4 is 0 Å². The van der Waals surface area contributed by atoms with Gasteiger partial charge in [-0.1, -0.05) is 0 Å². The van der Waals surface area contributed by atoms with Crippen LogP contribution in [0.5, 0.6) is 0 Å². The van der Waals surface area contributed by atoms with Crippen molar-refractivity contribution in [3.05, 3.63) is 0 Å². The summed E-state index contributed by atoms with van der Waals surface area (Å²) >= 11 is 0. The highest BCUT2D eigenvalue weighted by Crippen LogP contribution is 2.29. The van der Waals surface area contributed by atoms with Gasteiger partial charge in [0.25, 0.3) is 0 Å². The minimum atomic E-state index is -0.0417. The maximum absolute atomic E-state index is 10.4. The third kappa shape index (κ3) is 0.918. The molecule has 0 aromatic rings. The van der Waals surface area contributed by atoms with E-state index in [9.17, 15) is 4.79 Å². The van der Waals surface area contributed by atoms with E-state index in [-0.39, 0.29) is 11.9 Å². The van der Waals surface area contributed by atoms with E-state index in [0.29, 0.717) is 0 Å². The van der Waals surface area contributed by atoms with Crippen LogP contribution in [0.1, 0.15) is 12.8 Å². The summed E-state index contributed by atoms with van der Waals surface area (Å²) in [5, 5.41) is 0. The number of hydrogen-bond acceptors (Lipinski definition) is 2. The standard InChI is InChI=1S/C5H8O2/c1-7-5(6)4-2-3-4/h4H,2-3H2,1H3/i5+2. The lowest BCUT2D eigenvalue weighted by Gasteiger charge is -1.89. The number of hydrogen-bond donors (Lipinski definition) is 0. The first kappa shape index (κ1) is 4.62. The Morgan fingerprint density at radius 2 is 2.29 bits per heavy atom. The predicted molar refractivity (Wildman–Crippen MR) is 24.7 cm³/mol. The number of ether oxygens (including phenoxy) is 1. The van der Waals surface area contributed by atoms with Crippen molar-refractivity contribution in [1.82, 2.24) is 0 Å². The summed E-state index contributed by atoms with van der Waals surface area (Å²) in [6.45, 7) is 0. The molecule has 2 nitrogen and oxygen atoms in total. The Hall–Kier alpha value is -0.530. The molecule has 0 saturated heterocycles. The first-order chi connectivity index (χ1) is 3.34. The van der Waals surface area contributed by atoms with Crippen molar-refractivity contribution in [2.24, 2.45) is 5.92 Å². The normalized spacial score (nSPS) is 19.0. The van der Waals surface area contributed by atoms with Gasteiger partial charge in [-0.3, -0.25) is 4.79 Å². The highest BCUT2D eigenvalue weighted by atomic mass is 16.8. The van der Waals surface area contributed by atoms with E-state index < -0.39 is 0 Å². The van der Waals surface area contributed by atoms with Crippen LogP contribution in [0, 0.1) is 5.92 Å². The van der Waals surface area contributed by atoms with Gasteiger partial charge in [0.1, 0.15) is 0 Å². The molecule has 1 aliphatic rings. The van der Waals surface area contributed by atoms with Crippen LogP contribution in [0.15, 0.2) is 0 Å². The Kier molecular flexibility index (Phi) is 1.01. The summed E-state index contributed by atoms with van der Waals surface area (Å²) in [5.41, 5.74) is 0. The van der Waals surface area contributed by atoms with Crippen molar-refractivity contribution in [3.63, 3.8) is 0 Å². The van der Waals surface area contributed by atoms with Gasteiger partial charge in [0.05, 0.1) is 13.0 Å². The molecular formula is C5H8O2. The van der Waals surface area contributed by atoms with E-state index in [4.69, 9.17) is 0 Å². The van der Waals surface area contributed by atoms with Crippen LogP contribution in [-0.4, -0.2) is 13.1 Å². The molecule has 2 heteroatoms. The van der Waals surface area contributed by atoms with E-state index in [0.717, 1.165) is 12.8 Å². The molecule has 0 radical (unpaired) electrons. The highest BCUT2D eigenvalue weighted by molar-refractivity contribution is 5.74. The molecule has 40 valence electrons. The molecule has 1 fully saturated rings. The minimum absolute atomic E-state index is 0.0417. The van der Waals surface area contributed by atoms with Gasteiger partial charge in [0, 0.05) is 0 Å². The molecule has 1 rings (SSSR count). The Bertz CT molecular complexity index is 84.1. The number of rotatable bonds is 1. The maximum atomic E-state index is 10.4. The van der Waals surface area contributed by atoms with Gasteiger partial charge in [-0.2, -0.15) is 0 Å². The molecule has 0 amide bonds. The Morgan fingerprint density at radius 3 is 2.43 bits per heavy atom. The van der Waals surface area contributed by atoms with Crippen molar-refractivity contribution >= 4 is 5.97 Å². The van der Waals surface area contributed by atoms with Gasteiger partial charge in [-0.25, -0.2) is 0 Å². The molecule has 0 aromatic heterocycles. The zero-order chi connectivity index (χ0) is 5.28. The minimum Gasteiger partial charge on any atom is -0.469 e. The molecule has 0 aromatic carbocycles. The second kappa shape index (κ2) is 1.52. The summed E-state index contributed by atoms with van der Waals surface area (Å²) in [7, 11) is 1.43. The lowest BCUT2D eigenvalue weighted by molar-refractivity contribution is -0.142. The van der Waals surface area contributed by atoms with Crippen LogP contribution >= 0.6 is 0 Å². The van der Waals surface area contributed by atoms with Crippen molar-refractivity contribution in [3.8, 4) is 0 Å². The summed E-state index contributed by atoms with van der Waals surface area (Å²) in [4.78, 5) is 10.4. The molecular weight excluding hydrogens is 94.0 g/mol. The Labute approximate surface area is 42.5 Å². The number of esters is 1. The van der Waals surface area contributed by atoms with Gasteiger partial charge in [0.15, 0.2) is 0 Å². The quantitative estimate of drug-likeness (QED) is 0.452. The van der Waals surface area contributed by atoms with Crippen molar-refractivity contribution < 1.29 is 9.53 Å². The second-order valence-electron chi connectivity index (χ2n) is 1.80. The fraction of sp³-hybridized carbons (Fsp3) is 0.800. The number of carbonyl (C=O) groups is 1. The van der Waals surface area contributed by atoms with Crippen molar-refractivity contribution in [1.29, 1.82) is 0 Å². The van der Waals surface area contributed by atoms with Crippen LogP contribution in [0.4, 0.5) is 0 Å². The van der Waals surface area contributed by atoms with Gasteiger partial charge in [-0.15, -0.1) is 0 Å². The van der Waals surface area contributed by atoms with Crippen molar-refractivity contribution in [2.75, 3.05) is 7.11 Å². The summed E-state index contributed by atoms with van der Waals surface area (Å²) in [6.07, 6.45) is 2.07. The zero-order valence-electron chi connectivity index (χ0n) is 4.31. The fourth-order valence-electron chi connectivity index (χ4n) is 0.486. The summed E-state index contributed by atoms with van der Waals surface area (Å²) in [6, 6.07) is 0. The topological polar surface area (TPSA) is 26.3 Å². The molecule has 0 spiro atoms. The monoisotopic (exact) mass is 102 g/mol. The Balaban J connectivity index is 2.24. The molecule has 0 N–H and O–H groups in total. The SMILES string of the molecule is CO[14C](=O)C1CC1. The first-order valence-electron chi connectivity index (χ1n) is 2.42. The van der Waals surface area contributed by atoms with Crippen LogP contribution in [0.2, 0.25) is 0 Å². The third-order valence-corrected chi connectivity index (χ3v) is 1.11. The molecule has 0 heterocycles. The van der Waals surface area contributed by atoms with Crippen LogP contribution in [0.3, 0.4) is 0 Å².